The first kappa shape index (κ1) is 20.9. The molecule has 2 aliphatic heterocycles. The Balaban J connectivity index is 1.73. The van der Waals surface area contributed by atoms with Crippen LogP contribution in [0.4, 0.5) is 0 Å². The summed E-state index contributed by atoms with van der Waals surface area (Å²) in [6.07, 6.45) is 1.86. The number of methoxy groups -OCH3 is 1. The van der Waals surface area contributed by atoms with Crippen LogP contribution in [0.25, 0.3) is 0 Å². The monoisotopic (exact) mass is 407 g/mol. The smallest absolute Gasteiger partial charge is 0.310 e. The van der Waals surface area contributed by atoms with E-state index in [0.29, 0.717) is 6.54 Å². The van der Waals surface area contributed by atoms with Gasteiger partial charge in [-0.05, 0) is 36.5 Å². The number of halogens is 1. The summed E-state index contributed by atoms with van der Waals surface area (Å²) in [6, 6.07) is 8.12. The van der Waals surface area contributed by atoms with Crippen molar-refractivity contribution >= 4 is 23.5 Å². The standard InChI is InChI=1S/C21H30ClN3O3/c1-15-12-25(13-18(15)19(26)27-3)20(23-2)24-14-21(7-9-28-10-8-21)16-5-4-6-17(22)11-16/h4-6,11,15,18H,7-10,12-14H2,1-3H3,(H,23,24). The Labute approximate surface area is 172 Å². The molecule has 0 spiro atoms. The predicted molar refractivity (Wildman–Crippen MR) is 111 cm³/mol. The van der Waals surface area contributed by atoms with Crippen molar-refractivity contribution < 1.29 is 14.3 Å². The van der Waals surface area contributed by atoms with Crippen LogP contribution in [0, 0.1) is 11.8 Å². The first-order valence-electron chi connectivity index (χ1n) is 9.86. The van der Waals surface area contributed by atoms with Crippen LogP contribution in [-0.4, -0.2) is 63.8 Å². The summed E-state index contributed by atoms with van der Waals surface area (Å²) >= 11 is 6.27. The van der Waals surface area contributed by atoms with Crippen LogP contribution in [0.3, 0.4) is 0 Å². The fourth-order valence-corrected chi connectivity index (χ4v) is 4.52. The molecule has 154 valence electrons. The molecule has 0 aliphatic carbocycles. The third kappa shape index (κ3) is 4.44. The van der Waals surface area contributed by atoms with Crippen molar-refractivity contribution in [3.05, 3.63) is 34.9 Å². The number of rotatable bonds is 4. The number of guanidine groups is 1. The highest BCUT2D eigenvalue weighted by molar-refractivity contribution is 6.30. The summed E-state index contributed by atoms with van der Waals surface area (Å²) in [4.78, 5) is 18.6. The van der Waals surface area contributed by atoms with Gasteiger partial charge < -0.3 is 19.7 Å². The quantitative estimate of drug-likeness (QED) is 0.472. The molecule has 2 atom stereocenters. The van der Waals surface area contributed by atoms with Crippen molar-refractivity contribution in [1.82, 2.24) is 10.2 Å². The second kappa shape index (κ2) is 9.14. The molecule has 2 saturated heterocycles. The molecule has 2 aliphatic rings. The van der Waals surface area contributed by atoms with E-state index in [9.17, 15) is 4.79 Å². The van der Waals surface area contributed by atoms with Crippen LogP contribution in [-0.2, 0) is 19.7 Å². The lowest BCUT2D eigenvalue weighted by atomic mass is 9.74. The second-order valence-corrected chi connectivity index (χ2v) is 8.25. The number of ether oxygens (including phenoxy) is 2. The summed E-state index contributed by atoms with van der Waals surface area (Å²) in [5.74, 6) is 0.793. The van der Waals surface area contributed by atoms with Gasteiger partial charge in [-0.15, -0.1) is 0 Å². The van der Waals surface area contributed by atoms with Crippen molar-refractivity contribution in [3.63, 3.8) is 0 Å². The minimum atomic E-state index is -0.148. The lowest BCUT2D eigenvalue weighted by Gasteiger charge is -2.39. The van der Waals surface area contributed by atoms with Crippen LogP contribution in [0.5, 0.6) is 0 Å². The third-order valence-electron chi connectivity index (χ3n) is 6.10. The molecule has 2 heterocycles. The van der Waals surface area contributed by atoms with Gasteiger partial charge in [0.15, 0.2) is 5.96 Å². The zero-order valence-electron chi connectivity index (χ0n) is 16.9. The van der Waals surface area contributed by atoms with Gasteiger partial charge in [0.1, 0.15) is 0 Å². The Morgan fingerprint density at radius 3 is 2.79 bits per heavy atom. The molecule has 0 aromatic heterocycles. The normalized spacial score (nSPS) is 24.9. The first-order chi connectivity index (χ1) is 13.5. The fraction of sp³-hybridized carbons (Fsp3) is 0.619. The van der Waals surface area contributed by atoms with Crippen LogP contribution in [0.2, 0.25) is 5.02 Å². The SMILES string of the molecule is CN=C(NCC1(c2cccc(Cl)c2)CCOCC1)N1CC(C)C(C(=O)OC)C1. The first-order valence-corrected chi connectivity index (χ1v) is 10.2. The number of nitrogens with zero attached hydrogens (tertiary/aromatic N) is 2. The van der Waals surface area contributed by atoms with E-state index in [0.717, 1.165) is 50.1 Å². The number of hydrogen-bond acceptors (Lipinski definition) is 4. The van der Waals surface area contributed by atoms with E-state index in [1.54, 1.807) is 7.05 Å². The van der Waals surface area contributed by atoms with E-state index >= 15 is 0 Å². The molecule has 3 rings (SSSR count). The van der Waals surface area contributed by atoms with Gasteiger partial charge in [-0.3, -0.25) is 9.79 Å². The summed E-state index contributed by atoms with van der Waals surface area (Å²) in [6.45, 7) is 5.71. The maximum absolute atomic E-state index is 12.0. The third-order valence-corrected chi connectivity index (χ3v) is 6.33. The molecule has 0 saturated carbocycles. The Morgan fingerprint density at radius 2 is 2.14 bits per heavy atom. The van der Waals surface area contributed by atoms with Gasteiger partial charge in [0.05, 0.1) is 13.0 Å². The highest BCUT2D eigenvalue weighted by Crippen LogP contribution is 2.35. The average molecular weight is 408 g/mol. The van der Waals surface area contributed by atoms with Crippen molar-refractivity contribution in [3.8, 4) is 0 Å². The van der Waals surface area contributed by atoms with E-state index < -0.39 is 0 Å². The van der Waals surface area contributed by atoms with Crippen molar-refractivity contribution in [2.24, 2.45) is 16.8 Å². The molecule has 0 radical (unpaired) electrons. The molecule has 0 bridgehead atoms. The second-order valence-electron chi connectivity index (χ2n) is 7.82. The molecule has 6 nitrogen and oxygen atoms in total. The topological polar surface area (TPSA) is 63.2 Å². The van der Waals surface area contributed by atoms with Crippen LogP contribution < -0.4 is 5.32 Å². The van der Waals surface area contributed by atoms with Crippen LogP contribution >= 0.6 is 11.6 Å². The zero-order valence-corrected chi connectivity index (χ0v) is 17.7. The Kier molecular flexibility index (Phi) is 6.83. The molecule has 1 N–H and O–H groups in total. The van der Waals surface area contributed by atoms with Gasteiger partial charge in [0, 0.05) is 50.3 Å². The number of benzene rings is 1. The Morgan fingerprint density at radius 1 is 1.39 bits per heavy atom. The van der Waals surface area contributed by atoms with E-state index in [1.165, 1.54) is 12.7 Å². The number of aliphatic imine (C=N–C) groups is 1. The predicted octanol–water partition coefficient (Wildman–Crippen LogP) is 2.70. The van der Waals surface area contributed by atoms with Gasteiger partial charge in [-0.25, -0.2) is 0 Å². The average Bonchev–Trinajstić information content (AvgIpc) is 3.10. The summed E-state index contributed by atoms with van der Waals surface area (Å²) in [5, 5.41) is 4.31. The zero-order chi connectivity index (χ0) is 20.1. The number of nitrogens with one attached hydrogen (secondary N) is 1. The molecule has 2 unspecified atom stereocenters. The van der Waals surface area contributed by atoms with Crippen LogP contribution in [0.1, 0.15) is 25.3 Å². The largest absolute Gasteiger partial charge is 0.469 e. The minimum absolute atomic E-state index is 0.0494. The Hall–Kier alpha value is -1.79. The maximum atomic E-state index is 12.0. The number of hydrogen-bond donors (Lipinski definition) is 1. The Bertz CT molecular complexity index is 719. The summed E-state index contributed by atoms with van der Waals surface area (Å²) < 4.78 is 10.6. The molecule has 0 amide bonds. The molecule has 2 fully saturated rings. The highest BCUT2D eigenvalue weighted by Gasteiger charge is 2.39. The number of esters is 1. The van der Waals surface area contributed by atoms with Gasteiger partial charge in [0.2, 0.25) is 0 Å². The molecule has 7 heteroatoms. The minimum Gasteiger partial charge on any atom is -0.469 e. The van der Waals surface area contributed by atoms with E-state index in [4.69, 9.17) is 21.1 Å². The van der Waals surface area contributed by atoms with E-state index in [1.807, 2.05) is 12.1 Å². The van der Waals surface area contributed by atoms with Crippen LogP contribution in [0.15, 0.2) is 29.3 Å². The maximum Gasteiger partial charge on any atom is 0.310 e. The molecular formula is C21H30ClN3O3. The lowest BCUT2D eigenvalue weighted by molar-refractivity contribution is -0.145. The lowest BCUT2D eigenvalue weighted by Crippen LogP contribution is -2.49. The van der Waals surface area contributed by atoms with E-state index in [2.05, 4.69) is 34.3 Å². The molecule has 28 heavy (non-hydrogen) atoms. The van der Waals surface area contributed by atoms with Crippen molar-refractivity contribution in [2.45, 2.75) is 25.2 Å². The number of likely N-dealkylation sites (tertiary alicyclic amines) is 1. The fourth-order valence-electron chi connectivity index (χ4n) is 4.33. The molecule has 1 aromatic rings. The number of carbonyl (C=O) groups excluding carboxylic acids is 1. The van der Waals surface area contributed by atoms with Crippen molar-refractivity contribution in [1.29, 1.82) is 0 Å². The van der Waals surface area contributed by atoms with Crippen molar-refractivity contribution in [2.75, 3.05) is 47.0 Å². The summed E-state index contributed by atoms with van der Waals surface area (Å²) in [5.41, 5.74) is 1.18. The van der Waals surface area contributed by atoms with Gasteiger partial charge in [-0.1, -0.05) is 30.7 Å². The summed E-state index contributed by atoms with van der Waals surface area (Å²) in [7, 11) is 3.24. The number of carbonyl (C=O) groups is 1. The van der Waals surface area contributed by atoms with E-state index in [-0.39, 0.29) is 23.2 Å². The van der Waals surface area contributed by atoms with Gasteiger partial charge in [0.25, 0.3) is 0 Å². The van der Waals surface area contributed by atoms with Gasteiger partial charge >= 0.3 is 5.97 Å². The molecular weight excluding hydrogens is 378 g/mol. The highest BCUT2D eigenvalue weighted by atomic mass is 35.5. The van der Waals surface area contributed by atoms with Gasteiger partial charge in [-0.2, -0.15) is 0 Å². The molecule has 1 aromatic carbocycles.